The van der Waals surface area contributed by atoms with Crippen molar-refractivity contribution in [3.05, 3.63) is 11.6 Å². The van der Waals surface area contributed by atoms with Gasteiger partial charge in [0.15, 0.2) is 0 Å². The Morgan fingerprint density at radius 1 is 1.05 bits per heavy atom. The Morgan fingerprint density at radius 3 is 2.48 bits per heavy atom. The second kappa shape index (κ2) is 6.16. The van der Waals surface area contributed by atoms with E-state index >= 15 is 0 Å². The van der Waals surface area contributed by atoms with Gasteiger partial charge in [0.2, 0.25) is 0 Å². The molecule has 0 spiro atoms. The lowest BCUT2D eigenvalue weighted by atomic mass is 9.77. The molecule has 1 aliphatic carbocycles. The minimum atomic E-state index is -0.643. The van der Waals surface area contributed by atoms with Crippen molar-refractivity contribution < 1.29 is 9.90 Å². The lowest BCUT2D eigenvalue weighted by Crippen LogP contribution is -2.34. The van der Waals surface area contributed by atoms with Crippen LogP contribution in [-0.4, -0.2) is 25.8 Å². The molecule has 1 fully saturated rings. The highest BCUT2D eigenvalue weighted by Gasteiger charge is 2.40. The molecule has 3 rings (SSSR count). The Bertz CT molecular complexity index is 502. The smallest absolute Gasteiger partial charge is 0.310 e. The van der Waals surface area contributed by atoms with Gasteiger partial charge in [-0.25, -0.2) is 0 Å². The van der Waals surface area contributed by atoms with Crippen LogP contribution in [0.15, 0.2) is 0 Å². The van der Waals surface area contributed by atoms with Crippen molar-refractivity contribution in [2.45, 2.75) is 77.2 Å². The molecule has 1 aromatic rings. The summed E-state index contributed by atoms with van der Waals surface area (Å²) >= 11 is 0. The molecule has 0 unspecified atom stereocenters. The van der Waals surface area contributed by atoms with Gasteiger partial charge in [-0.2, -0.15) is 0 Å². The van der Waals surface area contributed by atoms with Crippen LogP contribution in [0.3, 0.4) is 0 Å². The molecule has 2 aliphatic rings. The Balaban J connectivity index is 1.86. The molecule has 0 bridgehead atoms. The number of rotatable bonds is 3. The van der Waals surface area contributed by atoms with Crippen molar-refractivity contribution in [3.63, 3.8) is 0 Å². The first-order chi connectivity index (χ1) is 10.2. The van der Waals surface area contributed by atoms with Crippen molar-refractivity contribution in [2.24, 2.45) is 5.41 Å². The highest BCUT2D eigenvalue weighted by atomic mass is 16.4. The van der Waals surface area contributed by atoms with E-state index in [1.54, 1.807) is 0 Å². The average molecular weight is 291 g/mol. The van der Waals surface area contributed by atoms with Gasteiger partial charge in [-0.3, -0.25) is 4.79 Å². The van der Waals surface area contributed by atoms with Gasteiger partial charge in [-0.15, -0.1) is 10.2 Å². The monoisotopic (exact) mass is 291 g/mol. The fraction of sp³-hybridized carbons (Fsp3) is 0.812. The molecule has 0 aromatic carbocycles. The number of aromatic nitrogens is 3. The molecule has 5 nitrogen and oxygen atoms in total. The maximum Gasteiger partial charge on any atom is 0.310 e. The molecule has 1 saturated carbocycles. The van der Waals surface area contributed by atoms with Crippen molar-refractivity contribution in [1.29, 1.82) is 0 Å². The summed E-state index contributed by atoms with van der Waals surface area (Å²) in [6.07, 6.45) is 11.0. The topological polar surface area (TPSA) is 68.0 Å². The van der Waals surface area contributed by atoms with Gasteiger partial charge in [-0.05, 0) is 25.7 Å². The maximum atomic E-state index is 11.9. The number of nitrogens with zero attached hydrogens (tertiary/aromatic N) is 3. The number of carboxylic acids is 1. The van der Waals surface area contributed by atoms with E-state index in [4.69, 9.17) is 0 Å². The largest absolute Gasteiger partial charge is 0.481 e. The summed E-state index contributed by atoms with van der Waals surface area (Å²) < 4.78 is 2.20. The van der Waals surface area contributed by atoms with Gasteiger partial charge in [0, 0.05) is 19.4 Å². The van der Waals surface area contributed by atoms with Gasteiger partial charge in [0.25, 0.3) is 0 Å². The van der Waals surface area contributed by atoms with E-state index in [0.29, 0.717) is 6.42 Å². The van der Waals surface area contributed by atoms with E-state index in [0.717, 1.165) is 69.6 Å². The molecule has 2 heterocycles. The highest BCUT2D eigenvalue weighted by Crippen LogP contribution is 2.38. The lowest BCUT2D eigenvalue weighted by molar-refractivity contribution is -0.150. The SMILES string of the molecule is O=C(O)C1(Cc2nnc3n2CCCCC3)CCCCCC1. The third-order valence-electron chi connectivity index (χ3n) is 5.20. The first-order valence-electron chi connectivity index (χ1n) is 8.36. The standard InChI is InChI=1S/C16H25N3O2/c20-15(21)16(9-5-1-2-6-10-16)12-14-18-17-13-8-4-3-7-11-19(13)14/h1-12H2,(H,20,21). The number of hydrogen-bond donors (Lipinski definition) is 1. The van der Waals surface area contributed by atoms with Crippen LogP contribution < -0.4 is 0 Å². The molecule has 0 atom stereocenters. The van der Waals surface area contributed by atoms with Gasteiger partial charge in [0.05, 0.1) is 5.41 Å². The predicted octanol–water partition coefficient (Wildman–Crippen LogP) is 2.97. The van der Waals surface area contributed by atoms with E-state index in [1.165, 1.54) is 12.8 Å². The number of carbonyl (C=O) groups is 1. The van der Waals surface area contributed by atoms with Crippen LogP contribution in [-0.2, 0) is 24.2 Å². The second-order valence-electron chi connectivity index (χ2n) is 6.67. The predicted molar refractivity (Wildman–Crippen MR) is 79.1 cm³/mol. The maximum absolute atomic E-state index is 11.9. The molecule has 1 N–H and O–H groups in total. The van der Waals surface area contributed by atoms with Crippen molar-refractivity contribution >= 4 is 5.97 Å². The summed E-state index contributed by atoms with van der Waals surface area (Å²) in [6.45, 7) is 0.952. The van der Waals surface area contributed by atoms with Gasteiger partial charge < -0.3 is 9.67 Å². The number of fused-ring (bicyclic) bond motifs is 1. The van der Waals surface area contributed by atoms with Crippen LogP contribution >= 0.6 is 0 Å². The summed E-state index contributed by atoms with van der Waals surface area (Å²) in [4.78, 5) is 11.9. The Kier molecular flexibility index (Phi) is 4.27. The summed E-state index contributed by atoms with van der Waals surface area (Å²) in [5.74, 6) is 1.31. The second-order valence-corrected chi connectivity index (χ2v) is 6.67. The van der Waals surface area contributed by atoms with E-state index in [9.17, 15) is 9.90 Å². The molecular formula is C16H25N3O2. The van der Waals surface area contributed by atoms with E-state index < -0.39 is 11.4 Å². The summed E-state index contributed by atoms with van der Waals surface area (Å²) in [7, 11) is 0. The Morgan fingerprint density at radius 2 is 1.76 bits per heavy atom. The molecule has 1 aromatic heterocycles. The van der Waals surface area contributed by atoms with Crippen LogP contribution in [0.5, 0.6) is 0 Å². The Labute approximate surface area is 125 Å². The fourth-order valence-electron chi connectivity index (χ4n) is 3.85. The molecular weight excluding hydrogens is 266 g/mol. The third kappa shape index (κ3) is 2.97. The molecule has 5 heteroatoms. The van der Waals surface area contributed by atoms with Gasteiger partial charge in [0.1, 0.15) is 11.6 Å². The quantitative estimate of drug-likeness (QED) is 0.869. The average Bonchev–Trinajstić information content (AvgIpc) is 2.68. The molecule has 0 radical (unpaired) electrons. The van der Waals surface area contributed by atoms with Crippen molar-refractivity contribution in [1.82, 2.24) is 14.8 Å². The summed E-state index contributed by atoms with van der Waals surface area (Å²) in [5, 5.41) is 18.5. The van der Waals surface area contributed by atoms with Gasteiger partial charge in [-0.1, -0.05) is 32.1 Å². The summed E-state index contributed by atoms with van der Waals surface area (Å²) in [6, 6.07) is 0. The normalized spacial score (nSPS) is 22.1. The van der Waals surface area contributed by atoms with Crippen molar-refractivity contribution in [2.75, 3.05) is 0 Å². The first kappa shape index (κ1) is 14.5. The third-order valence-corrected chi connectivity index (χ3v) is 5.20. The van der Waals surface area contributed by atoms with E-state index in [2.05, 4.69) is 14.8 Å². The van der Waals surface area contributed by atoms with Crippen LogP contribution in [0.1, 0.15) is 69.4 Å². The minimum Gasteiger partial charge on any atom is -0.481 e. The van der Waals surface area contributed by atoms with Gasteiger partial charge >= 0.3 is 5.97 Å². The number of carboxylic acid groups (broad SMARTS) is 1. The number of aliphatic carboxylic acids is 1. The first-order valence-corrected chi connectivity index (χ1v) is 8.36. The zero-order valence-corrected chi connectivity index (χ0v) is 12.7. The lowest BCUT2D eigenvalue weighted by Gasteiger charge is -2.27. The molecule has 21 heavy (non-hydrogen) atoms. The fourth-order valence-corrected chi connectivity index (χ4v) is 3.85. The van der Waals surface area contributed by atoms with Crippen molar-refractivity contribution in [3.8, 4) is 0 Å². The van der Waals surface area contributed by atoms with Crippen LogP contribution in [0.4, 0.5) is 0 Å². The number of aryl methyl sites for hydroxylation is 1. The molecule has 116 valence electrons. The van der Waals surface area contributed by atoms with Crippen LogP contribution in [0.25, 0.3) is 0 Å². The van der Waals surface area contributed by atoms with E-state index in [1.807, 2.05) is 0 Å². The summed E-state index contributed by atoms with van der Waals surface area (Å²) in [5.41, 5.74) is -0.618. The molecule has 0 amide bonds. The zero-order chi connectivity index (χ0) is 14.7. The van der Waals surface area contributed by atoms with E-state index in [-0.39, 0.29) is 0 Å². The molecule has 0 saturated heterocycles. The van der Waals surface area contributed by atoms with Crippen LogP contribution in [0, 0.1) is 5.41 Å². The van der Waals surface area contributed by atoms with Crippen LogP contribution in [0.2, 0.25) is 0 Å². The Hall–Kier alpha value is -1.39. The highest BCUT2D eigenvalue weighted by molar-refractivity contribution is 5.75. The minimum absolute atomic E-state index is 0.551. The zero-order valence-electron chi connectivity index (χ0n) is 12.7. The number of hydrogen-bond acceptors (Lipinski definition) is 3. The molecule has 1 aliphatic heterocycles.